The fourth-order valence-corrected chi connectivity index (χ4v) is 4.44. The molecule has 1 rings (SSSR count). The number of aromatic hydroxyl groups is 1. The number of rotatable bonds is 13. The molecule has 0 saturated heterocycles. The number of benzene rings is 1. The van der Waals surface area contributed by atoms with Gasteiger partial charge in [0.2, 0.25) is 0 Å². The van der Waals surface area contributed by atoms with Crippen LogP contribution >= 0.6 is 0 Å². The third kappa shape index (κ3) is 5.23. The fraction of sp³-hybridized carbons (Fsp3) is 0.632. The van der Waals surface area contributed by atoms with Crippen LogP contribution in [0, 0.1) is 0 Å². The second-order valence-corrected chi connectivity index (χ2v) is 10.1. The van der Waals surface area contributed by atoms with Gasteiger partial charge in [-0.25, -0.2) is 8.42 Å². The second-order valence-electron chi connectivity index (χ2n) is 8.15. The first-order valence-corrected chi connectivity index (χ1v) is 11.8. The minimum atomic E-state index is -8.93. The van der Waals surface area contributed by atoms with Gasteiger partial charge in [0.1, 0.15) is 5.75 Å². The van der Waals surface area contributed by atoms with Crippen LogP contribution in [-0.4, -0.2) is 83.7 Å². The summed E-state index contributed by atoms with van der Waals surface area (Å²) in [5, 5.41) is 1.82. The average Bonchev–Trinajstić information content (AvgIpc) is 2.82. The smallest absolute Gasteiger partial charge is 0.460 e. The number of halogens is 17. The molecule has 1 aromatic rings. The number of alkyl halides is 17. The Labute approximate surface area is 222 Å². The van der Waals surface area contributed by atoms with Crippen LogP contribution in [-0.2, 0) is 10.0 Å². The molecule has 0 amide bonds. The Hall–Kier alpha value is -2.59. The van der Waals surface area contributed by atoms with E-state index in [2.05, 4.69) is 0 Å². The van der Waals surface area contributed by atoms with E-state index in [0.717, 1.165) is 24.3 Å². The van der Waals surface area contributed by atoms with E-state index in [4.69, 9.17) is 0 Å². The van der Waals surface area contributed by atoms with Gasteiger partial charge in [-0.2, -0.15) is 78.9 Å². The van der Waals surface area contributed by atoms with E-state index in [1.165, 1.54) is 0 Å². The van der Waals surface area contributed by atoms with Crippen LogP contribution in [0.15, 0.2) is 24.3 Å². The highest BCUT2D eigenvalue weighted by molar-refractivity contribution is 7.90. The molecule has 0 aliphatic rings. The molecule has 0 bridgehead atoms. The maximum atomic E-state index is 14.4. The van der Waals surface area contributed by atoms with E-state index in [1.807, 2.05) is 0 Å². The normalized spacial score (nSPS) is 15.3. The lowest BCUT2D eigenvalue weighted by atomic mass is 9.91. The van der Waals surface area contributed by atoms with Crippen molar-refractivity contribution >= 4 is 15.8 Å². The lowest BCUT2D eigenvalue weighted by Crippen LogP contribution is -2.75. The van der Waals surface area contributed by atoms with Crippen molar-refractivity contribution in [1.29, 1.82) is 0 Å². The van der Waals surface area contributed by atoms with Gasteiger partial charge in [-0.05, 0) is 12.1 Å². The van der Waals surface area contributed by atoms with Crippen molar-refractivity contribution in [2.45, 2.75) is 60.3 Å². The third-order valence-corrected chi connectivity index (χ3v) is 7.53. The maximum Gasteiger partial charge on any atom is 0.460 e. The second kappa shape index (κ2) is 10.8. The van der Waals surface area contributed by atoms with Gasteiger partial charge in [0.25, 0.3) is 10.0 Å². The number of Topliss-reactive ketones (excluding diaryl/α,β-unsaturated/α-hetero) is 1. The molecule has 0 saturated carbocycles. The van der Waals surface area contributed by atoms with Crippen LogP contribution < -0.4 is 0 Å². The van der Waals surface area contributed by atoms with Gasteiger partial charge < -0.3 is 5.11 Å². The number of carbonyl (C=O) groups is 1. The molecule has 0 unspecified atom stereocenters. The number of hydrogen-bond donors (Lipinski definition) is 1. The first-order chi connectivity index (χ1) is 18.4. The van der Waals surface area contributed by atoms with E-state index in [-0.39, 0.29) is 0 Å². The summed E-state index contributed by atoms with van der Waals surface area (Å²) < 4.78 is 252. The quantitative estimate of drug-likeness (QED) is 0.189. The minimum Gasteiger partial charge on any atom is -0.507 e. The van der Waals surface area contributed by atoms with Crippen molar-refractivity contribution in [3.8, 4) is 5.75 Å². The summed E-state index contributed by atoms with van der Waals surface area (Å²) in [6.45, 7) is -2.65. The van der Waals surface area contributed by atoms with Crippen LogP contribution in [0.2, 0.25) is 0 Å². The van der Waals surface area contributed by atoms with E-state index in [9.17, 15) is 93.0 Å². The molecule has 0 spiro atoms. The summed E-state index contributed by atoms with van der Waals surface area (Å²) in [5.41, 5.74) is -0.631. The monoisotopic (exact) mass is 675 g/mol. The Morgan fingerprint density at radius 2 is 1.07 bits per heavy atom. The van der Waals surface area contributed by atoms with Gasteiger partial charge in [0.05, 0.1) is 5.56 Å². The first kappa shape index (κ1) is 37.4. The SMILES string of the molecule is CCN(CCC(=O)c1ccccc1O)S(=O)(=O)C(F)(F)C(F)(F)C(F)(F)C(F)(F)C(F)(F)C(F)(F)C(F)(F)C(F)(F)F. The molecule has 0 aliphatic carbocycles. The van der Waals surface area contributed by atoms with Gasteiger partial charge in [-0.3, -0.25) is 4.79 Å². The van der Waals surface area contributed by atoms with Crippen molar-refractivity contribution in [3.63, 3.8) is 0 Å². The molecular formula is C19H14F17NO4S. The molecule has 0 heterocycles. The molecule has 244 valence electrons. The Kier molecular flexibility index (Phi) is 9.66. The van der Waals surface area contributed by atoms with E-state index in [1.54, 1.807) is 0 Å². The van der Waals surface area contributed by atoms with Crippen molar-refractivity contribution in [3.05, 3.63) is 29.8 Å². The zero-order valence-corrected chi connectivity index (χ0v) is 20.7. The predicted octanol–water partition coefficient (Wildman–Crippen LogP) is 6.58. The van der Waals surface area contributed by atoms with Crippen LogP contribution in [0.25, 0.3) is 0 Å². The van der Waals surface area contributed by atoms with Crippen LogP contribution in [0.5, 0.6) is 5.75 Å². The molecule has 0 aromatic heterocycles. The first-order valence-electron chi connectivity index (χ1n) is 10.4. The molecule has 0 radical (unpaired) electrons. The lowest BCUT2D eigenvalue weighted by molar-refractivity contribution is -0.458. The molecule has 0 fully saturated rings. The number of carbonyl (C=O) groups excluding carboxylic acids is 1. The summed E-state index contributed by atoms with van der Waals surface area (Å²) >= 11 is 0. The third-order valence-electron chi connectivity index (χ3n) is 5.50. The Bertz CT molecular complexity index is 1260. The van der Waals surface area contributed by atoms with Crippen molar-refractivity contribution in [2.24, 2.45) is 0 Å². The number of sulfonamides is 1. The number of ketones is 1. The van der Waals surface area contributed by atoms with Crippen molar-refractivity contribution in [2.75, 3.05) is 13.1 Å². The number of hydrogen-bond acceptors (Lipinski definition) is 4. The molecule has 0 aliphatic heterocycles. The number of para-hydroxylation sites is 1. The van der Waals surface area contributed by atoms with E-state index >= 15 is 0 Å². The van der Waals surface area contributed by atoms with E-state index in [0.29, 0.717) is 6.92 Å². The Morgan fingerprint density at radius 1 is 0.690 bits per heavy atom. The minimum absolute atomic E-state index is 0.497. The standard InChI is InChI=1S/C19H14F17NO4S/c1-2-37(8-7-11(39)9-5-3-4-6-10(9)38)42(40,41)19(35,36)17(30,31)15(26,27)13(22,23)12(20,21)14(24,25)16(28,29)18(32,33)34/h3-6,38H,2,7-8H2,1H3. The summed E-state index contributed by atoms with van der Waals surface area (Å²) in [6.07, 6.45) is -9.24. The fourth-order valence-electron chi connectivity index (χ4n) is 2.99. The average molecular weight is 675 g/mol. The zero-order chi connectivity index (χ0) is 33.8. The number of phenolic OH excluding ortho intramolecular Hbond substituents is 1. The summed E-state index contributed by atoms with van der Waals surface area (Å²) in [7, 11) is -7.51. The van der Waals surface area contributed by atoms with Gasteiger partial charge in [0, 0.05) is 19.5 Å². The molecular weight excluding hydrogens is 661 g/mol. The largest absolute Gasteiger partial charge is 0.507 e. The summed E-state index contributed by atoms with van der Waals surface area (Å²) in [4.78, 5) is 12.1. The highest BCUT2D eigenvalue weighted by atomic mass is 32.2. The number of nitrogens with zero attached hydrogens (tertiary/aromatic N) is 1. The van der Waals surface area contributed by atoms with Gasteiger partial charge in [-0.1, -0.05) is 19.1 Å². The van der Waals surface area contributed by atoms with Crippen LogP contribution in [0.4, 0.5) is 74.6 Å². The van der Waals surface area contributed by atoms with Crippen LogP contribution in [0.3, 0.4) is 0 Å². The van der Waals surface area contributed by atoms with E-state index < -0.39 is 97.9 Å². The lowest BCUT2D eigenvalue weighted by Gasteiger charge is -2.43. The molecule has 42 heavy (non-hydrogen) atoms. The summed E-state index contributed by atoms with van der Waals surface area (Å²) in [6, 6.07) is 3.99. The van der Waals surface area contributed by atoms with Gasteiger partial charge in [0.15, 0.2) is 5.78 Å². The van der Waals surface area contributed by atoms with Crippen molar-refractivity contribution < 1.29 is 93.0 Å². The molecule has 5 nitrogen and oxygen atoms in total. The predicted molar refractivity (Wildman–Crippen MR) is 104 cm³/mol. The van der Waals surface area contributed by atoms with Crippen LogP contribution in [0.1, 0.15) is 23.7 Å². The molecule has 1 N–H and O–H groups in total. The van der Waals surface area contributed by atoms with Gasteiger partial charge in [-0.15, -0.1) is 0 Å². The van der Waals surface area contributed by atoms with Crippen molar-refractivity contribution in [1.82, 2.24) is 4.31 Å². The molecule has 23 heteroatoms. The maximum absolute atomic E-state index is 14.4. The van der Waals surface area contributed by atoms with Gasteiger partial charge >= 0.3 is 47.0 Å². The Balaban J connectivity index is 3.60. The highest BCUT2D eigenvalue weighted by Crippen LogP contribution is 2.64. The molecule has 1 aromatic carbocycles. The summed E-state index contributed by atoms with van der Waals surface area (Å²) in [5.74, 6) is -54.2. The number of phenols is 1. The molecule has 0 atom stereocenters. The Morgan fingerprint density at radius 3 is 1.45 bits per heavy atom. The zero-order valence-electron chi connectivity index (χ0n) is 19.9. The topological polar surface area (TPSA) is 74.7 Å². The highest BCUT2D eigenvalue weighted by Gasteiger charge is 2.96.